The van der Waals surface area contributed by atoms with Gasteiger partial charge in [0.1, 0.15) is 11.9 Å². The van der Waals surface area contributed by atoms with Gasteiger partial charge in [0.05, 0.1) is 20.3 Å². The van der Waals surface area contributed by atoms with Crippen LogP contribution in [0.25, 0.3) is 0 Å². The normalized spacial score (nSPS) is 15.0. The van der Waals surface area contributed by atoms with Crippen molar-refractivity contribution >= 4 is 29.1 Å². The van der Waals surface area contributed by atoms with Crippen LogP contribution < -0.4 is 21.3 Å². The first-order valence-electron chi connectivity index (χ1n) is 9.21. The summed E-state index contributed by atoms with van der Waals surface area (Å²) in [4.78, 5) is 22.7. The second-order valence-corrected chi connectivity index (χ2v) is 6.43. The Balaban J connectivity index is 1.71. The van der Waals surface area contributed by atoms with Crippen molar-refractivity contribution in [2.24, 2.45) is 5.73 Å². The van der Waals surface area contributed by atoms with Crippen molar-refractivity contribution in [3.63, 3.8) is 0 Å². The second kappa shape index (κ2) is 9.34. The Labute approximate surface area is 164 Å². The van der Waals surface area contributed by atoms with Gasteiger partial charge in [0.15, 0.2) is 0 Å². The summed E-state index contributed by atoms with van der Waals surface area (Å²) in [6.45, 7) is 5.24. The smallest absolute Gasteiger partial charge is 0.328 e. The fourth-order valence-corrected chi connectivity index (χ4v) is 2.89. The standard InChI is InChI=1S/C19H26N6O3/c1-13(18(26)27-2)22-17-14(11-20)12-21-19(24-17)23-15-3-5-16(6-4-15)25-7-9-28-10-8-25/h3-6,12-13H,7-11,20H2,1-2H3,(H2,21,22,23,24). The van der Waals surface area contributed by atoms with Crippen LogP contribution in [0.3, 0.4) is 0 Å². The fraction of sp³-hybridized carbons (Fsp3) is 0.421. The number of benzene rings is 1. The molecule has 4 N–H and O–H groups in total. The number of carbonyl (C=O) groups excluding carboxylic acids is 1. The van der Waals surface area contributed by atoms with E-state index in [4.69, 9.17) is 15.2 Å². The van der Waals surface area contributed by atoms with E-state index in [2.05, 4.69) is 37.6 Å². The molecule has 1 aliphatic rings. The first-order chi connectivity index (χ1) is 13.6. The number of nitrogens with zero attached hydrogens (tertiary/aromatic N) is 3. The molecule has 1 saturated heterocycles. The maximum Gasteiger partial charge on any atom is 0.328 e. The van der Waals surface area contributed by atoms with Crippen molar-refractivity contribution in [3.05, 3.63) is 36.0 Å². The maximum atomic E-state index is 11.7. The first-order valence-corrected chi connectivity index (χ1v) is 9.21. The fourth-order valence-electron chi connectivity index (χ4n) is 2.89. The summed E-state index contributed by atoms with van der Waals surface area (Å²) in [7, 11) is 1.35. The monoisotopic (exact) mass is 386 g/mol. The van der Waals surface area contributed by atoms with Crippen LogP contribution in [0.1, 0.15) is 12.5 Å². The second-order valence-electron chi connectivity index (χ2n) is 6.43. The molecule has 0 amide bonds. The van der Waals surface area contributed by atoms with E-state index in [1.54, 1.807) is 13.1 Å². The lowest BCUT2D eigenvalue weighted by molar-refractivity contribution is -0.141. The molecular formula is C19H26N6O3. The molecule has 1 atom stereocenters. The number of rotatable bonds is 7. The molecule has 2 aromatic rings. The molecule has 0 radical (unpaired) electrons. The summed E-state index contributed by atoms with van der Waals surface area (Å²) in [6.07, 6.45) is 1.64. The Kier molecular flexibility index (Phi) is 6.62. The number of carbonyl (C=O) groups is 1. The van der Waals surface area contributed by atoms with Gasteiger partial charge in [-0.1, -0.05) is 0 Å². The minimum absolute atomic E-state index is 0.255. The SMILES string of the molecule is COC(=O)C(C)Nc1nc(Nc2ccc(N3CCOCC3)cc2)ncc1CN. The van der Waals surface area contributed by atoms with Crippen LogP contribution in [0.5, 0.6) is 0 Å². The molecule has 1 aliphatic heterocycles. The van der Waals surface area contributed by atoms with Gasteiger partial charge in [-0.05, 0) is 31.2 Å². The minimum Gasteiger partial charge on any atom is -0.467 e. The predicted octanol–water partition coefficient (Wildman–Crippen LogP) is 1.49. The van der Waals surface area contributed by atoms with E-state index in [1.165, 1.54) is 7.11 Å². The number of methoxy groups -OCH3 is 1. The Morgan fingerprint density at radius 2 is 2.04 bits per heavy atom. The number of hydrogen-bond acceptors (Lipinski definition) is 9. The van der Waals surface area contributed by atoms with Crippen LogP contribution in [-0.2, 0) is 20.8 Å². The summed E-state index contributed by atoms with van der Waals surface area (Å²) < 4.78 is 10.1. The average Bonchev–Trinajstić information content (AvgIpc) is 2.74. The highest BCUT2D eigenvalue weighted by Crippen LogP contribution is 2.22. The Hall–Kier alpha value is -2.91. The van der Waals surface area contributed by atoms with Crippen molar-refractivity contribution in [1.82, 2.24) is 9.97 Å². The van der Waals surface area contributed by atoms with E-state index in [0.717, 1.165) is 37.7 Å². The Bertz CT molecular complexity index is 793. The molecule has 9 heteroatoms. The topological polar surface area (TPSA) is 115 Å². The van der Waals surface area contributed by atoms with E-state index < -0.39 is 6.04 Å². The van der Waals surface area contributed by atoms with E-state index in [9.17, 15) is 4.79 Å². The molecule has 3 rings (SSSR count). The summed E-state index contributed by atoms with van der Waals surface area (Å²) in [6, 6.07) is 7.52. The van der Waals surface area contributed by atoms with Crippen LogP contribution >= 0.6 is 0 Å². The maximum absolute atomic E-state index is 11.7. The Morgan fingerprint density at radius 1 is 1.32 bits per heavy atom. The largest absolute Gasteiger partial charge is 0.467 e. The molecule has 2 heterocycles. The highest BCUT2D eigenvalue weighted by atomic mass is 16.5. The molecule has 1 fully saturated rings. The summed E-state index contributed by atoms with van der Waals surface area (Å²) >= 11 is 0. The van der Waals surface area contributed by atoms with Gasteiger partial charge in [-0.3, -0.25) is 0 Å². The molecule has 9 nitrogen and oxygen atoms in total. The van der Waals surface area contributed by atoms with Crippen LogP contribution in [0.4, 0.5) is 23.1 Å². The summed E-state index contributed by atoms with van der Waals surface area (Å²) in [5, 5.41) is 6.21. The third-order valence-corrected chi connectivity index (χ3v) is 4.49. The van der Waals surface area contributed by atoms with Crippen molar-refractivity contribution < 1.29 is 14.3 Å². The van der Waals surface area contributed by atoms with E-state index in [0.29, 0.717) is 17.3 Å². The molecular weight excluding hydrogens is 360 g/mol. The van der Waals surface area contributed by atoms with Gasteiger partial charge >= 0.3 is 5.97 Å². The third kappa shape index (κ3) is 4.87. The molecule has 0 aliphatic carbocycles. The molecule has 1 unspecified atom stereocenters. The van der Waals surface area contributed by atoms with Gasteiger partial charge in [-0.2, -0.15) is 4.98 Å². The molecule has 1 aromatic carbocycles. The van der Waals surface area contributed by atoms with Crippen LogP contribution in [0, 0.1) is 0 Å². The highest BCUT2D eigenvalue weighted by Gasteiger charge is 2.16. The number of morpholine rings is 1. The molecule has 0 spiro atoms. The lowest BCUT2D eigenvalue weighted by Gasteiger charge is -2.28. The number of nitrogens with two attached hydrogens (primary N) is 1. The zero-order chi connectivity index (χ0) is 19.9. The van der Waals surface area contributed by atoms with Crippen LogP contribution in [0.2, 0.25) is 0 Å². The lowest BCUT2D eigenvalue weighted by atomic mass is 10.2. The van der Waals surface area contributed by atoms with Crippen molar-refractivity contribution in [2.45, 2.75) is 19.5 Å². The van der Waals surface area contributed by atoms with E-state index in [1.807, 2.05) is 12.1 Å². The van der Waals surface area contributed by atoms with Gasteiger partial charge in [0.2, 0.25) is 5.95 Å². The summed E-state index contributed by atoms with van der Waals surface area (Å²) in [5.41, 5.74) is 8.49. The number of aromatic nitrogens is 2. The molecule has 1 aromatic heterocycles. The molecule has 0 bridgehead atoms. The number of esters is 1. The van der Waals surface area contributed by atoms with Crippen molar-refractivity contribution in [1.29, 1.82) is 0 Å². The zero-order valence-electron chi connectivity index (χ0n) is 16.1. The Morgan fingerprint density at radius 3 is 2.68 bits per heavy atom. The van der Waals surface area contributed by atoms with Crippen LogP contribution in [-0.4, -0.2) is 55.4 Å². The van der Waals surface area contributed by atoms with E-state index >= 15 is 0 Å². The zero-order valence-corrected chi connectivity index (χ0v) is 16.1. The summed E-state index contributed by atoms with van der Waals surface area (Å²) in [5.74, 6) is 0.536. The highest BCUT2D eigenvalue weighted by molar-refractivity contribution is 5.78. The number of ether oxygens (including phenoxy) is 2. The van der Waals surface area contributed by atoms with Crippen molar-refractivity contribution in [3.8, 4) is 0 Å². The molecule has 150 valence electrons. The lowest BCUT2D eigenvalue weighted by Crippen LogP contribution is -2.36. The van der Waals surface area contributed by atoms with Gasteiger partial charge in [0, 0.05) is 42.8 Å². The van der Waals surface area contributed by atoms with Crippen molar-refractivity contribution in [2.75, 3.05) is 48.9 Å². The van der Waals surface area contributed by atoms with Gasteiger partial charge in [-0.15, -0.1) is 0 Å². The number of hydrogen-bond donors (Lipinski definition) is 3. The third-order valence-electron chi connectivity index (χ3n) is 4.49. The van der Waals surface area contributed by atoms with Gasteiger partial charge < -0.3 is 30.7 Å². The number of anilines is 4. The minimum atomic E-state index is -0.550. The molecule has 0 saturated carbocycles. The van der Waals surface area contributed by atoms with Gasteiger partial charge in [0.25, 0.3) is 0 Å². The van der Waals surface area contributed by atoms with Gasteiger partial charge in [-0.25, -0.2) is 9.78 Å². The van der Waals surface area contributed by atoms with E-state index in [-0.39, 0.29) is 12.5 Å². The molecule has 28 heavy (non-hydrogen) atoms. The predicted molar refractivity (Wildman–Crippen MR) is 108 cm³/mol. The number of nitrogens with one attached hydrogen (secondary N) is 2. The quantitative estimate of drug-likeness (QED) is 0.609. The van der Waals surface area contributed by atoms with Crippen LogP contribution in [0.15, 0.2) is 30.5 Å². The first kappa shape index (κ1) is 19.8. The average molecular weight is 386 g/mol.